The highest BCUT2D eigenvalue weighted by molar-refractivity contribution is 7.98. The van der Waals surface area contributed by atoms with Gasteiger partial charge in [-0.3, -0.25) is 10.1 Å². The second kappa shape index (κ2) is 10.3. The lowest BCUT2D eigenvalue weighted by Gasteiger charge is -2.17. The second-order valence-electron chi connectivity index (χ2n) is 6.01. The van der Waals surface area contributed by atoms with Crippen molar-refractivity contribution in [2.24, 2.45) is 0 Å². The molecule has 2 aromatic heterocycles. The Morgan fingerprint density at radius 3 is 2.76 bits per heavy atom. The fourth-order valence-electron chi connectivity index (χ4n) is 2.50. The Labute approximate surface area is 174 Å². The lowest BCUT2D eigenvalue weighted by atomic mass is 10.1. The molecule has 0 aliphatic heterocycles. The molecule has 0 aliphatic rings. The minimum absolute atomic E-state index is 0.0590. The molecule has 3 rings (SSSR count). The molecule has 7 nitrogen and oxygen atoms in total. The number of nitrogens with one attached hydrogen (secondary N) is 2. The highest BCUT2D eigenvalue weighted by Gasteiger charge is 2.18. The van der Waals surface area contributed by atoms with Crippen LogP contribution >= 0.6 is 11.8 Å². The van der Waals surface area contributed by atoms with Crippen molar-refractivity contribution in [1.82, 2.24) is 24.9 Å². The quantitative estimate of drug-likeness (QED) is 0.353. The number of H-pyrrole nitrogens is 1. The highest BCUT2D eigenvalue weighted by Crippen LogP contribution is 2.18. The molecular formula is C19H20FN5O2S2. The van der Waals surface area contributed by atoms with Crippen LogP contribution < -0.4 is 4.72 Å². The van der Waals surface area contributed by atoms with Crippen LogP contribution in [0.4, 0.5) is 4.39 Å². The van der Waals surface area contributed by atoms with Gasteiger partial charge in [0.1, 0.15) is 28.9 Å². The van der Waals surface area contributed by atoms with E-state index >= 15 is 0 Å². The molecule has 2 unspecified atom stereocenters. The predicted octanol–water partition coefficient (Wildman–Crippen LogP) is 3.32. The molecule has 2 atom stereocenters. The number of pyridine rings is 1. The Hall–Kier alpha value is -2.56. The summed E-state index contributed by atoms with van der Waals surface area (Å²) >= 11 is 1.48. The van der Waals surface area contributed by atoms with Crippen LogP contribution in [0.5, 0.6) is 0 Å². The smallest absolute Gasteiger partial charge is 0.183 e. The minimum Gasteiger partial charge on any atom is -0.511 e. The Balaban J connectivity index is 1.69. The van der Waals surface area contributed by atoms with Crippen LogP contribution in [0.3, 0.4) is 0 Å². The largest absolute Gasteiger partial charge is 0.511 e. The third-order valence-electron chi connectivity index (χ3n) is 3.96. The number of hydrogen-bond donors (Lipinski definition) is 3. The summed E-state index contributed by atoms with van der Waals surface area (Å²) in [6.45, 7) is 1.70. The molecule has 0 amide bonds. The van der Waals surface area contributed by atoms with E-state index in [2.05, 4.69) is 24.9 Å². The van der Waals surface area contributed by atoms with E-state index in [1.54, 1.807) is 13.0 Å². The molecule has 3 N–H and O–H groups in total. The predicted molar refractivity (Wildman–Crippen MR) is 110 cm³/mol. The molecule has 0 saturated carbocycles. The average Bonchev–Trinajstić information content (AvgIpc) is 3.25. The summed E-state index contributed by atoms with van der Waals surface area (Å²) in [4.78, 5) is 9.10. The minimum atomic E-state index is -1.62. The first-order valence-corrected chi connectivity index (χ1v) is 10.9. The second-order valence-corrected chi connectivity index (χ2v) is 8.22. The lowest BCUT2D eigenvalue weighted by molar-refractivity contribution is 0.355. The summed E-state index contributed by atoms with van der Waals surface area (Å²) in [5, 5.41) is 17.6. The Morgan fingerprint density at radius 1 is 1.31 bits per heavy atom. The van der Waals surface area contributed by atoms with Gasteiger partial charge in [0.15, 0.2) is 5.16 Å². The van der Waals surface area contributed by atoms with Crippen LogP contribution in [0, 0.1) is 5.82 Å². The van der Waals surface area contributed by atoms with Crippen molar-refractivity contribution in [2.45, 2.75) is 35.2 Å². The SMILES string of the molecule is CC=C(O)C(Cc1cccc(CSc2ncn[nH]2)n1)NS(=O)c1ccc(F)cc1. The number of aliphatic hydroxyl groups is 1. The summed E-state index contributed by atoms with van der Waals surface area (Å²) in [5.41, 5.74) is 1.59. The van der Waals surface area contributed by atoms with Crippen LogP contribution in [0.2, 0.25) is 0 Å². The van der Waals surface area contributed by atoms with Gasteiger partial charge in [0, 0.05) is 17.9 Å². The monoisotopic (exact) mass is 433 g/mol. The van der Waals surface area contributed by atoms with E-state index in [9.17, 15) is 13.7 Å². The zero-order valence-electron chi connectivity index (χ0n) is 15.6. The van der Waals surface area contributed by atoms with Gasteiger partial charge in [-0.2, -0.15) is 5.10 Å². The van der Waals surface area contributed by atoms with Crippen LogP contribution in [0.1, 0.15) is 18.3 Å². The van der Waals surface area contributed by atoms with Crippen molar-refractivity contribution in [1.29, 1.82) is 0 Å². The molecule has 29 heavy (non-hydrogen) atoms. The topological polar surface area (TPSA) is 104 Å². The number of thioether (sulfide) groups is 1. The van der Waals surface area contributed by atoms with E-state index in [0.717, 1.165) is 11.4 Å². The van der Waals surface area contributed by atoms with E-state index in [4.69, 9.17) is 0 Å². The van der Waals surface area contributed by atoms with E-state index in [1.165, 1.54) is 42.4 Å². The molecule has 0 aliphatic carbocycles. The Bertz CT molecular complexity index is 981. The third-order valence-corrected chi connectivity index (χ3v) is 6.07. The van der Waals surface area contributed by atoms with Crippen molar-refractivity contribution in [3.05, 3.63) is 77.8 Å². The molecule has 0 fully saturated rings. The summed E-state index contributed by atoms with van der Waals surface area (Å²) in [6.07, 6.45) is 3.33. The lowest BCUT2D eigenvalue weighted by Crippen LogP contribution is -2.35. The van der Waals surface area contributed by atoms with Crippen LogP contribution in [0.15, 0.2) is 70.7 Å². The van der Waals surface area contributed by atoms with Gasteiger partial charge in [-0.05, 0) is 49.4 Å². The number of hydrogen-bond acceptors (Lipinski definition) is 6. The molecule has 0 bridgehead atoms. The molecule has 10 heteroatoms. The number of allylic oxidation sites excluding steroid dienone is 1. The van der Waals surface area contributed by atoms with Crippen LogP contribution in [-0.4, -0.2) is 35.5 Å². The van der Waals surface area contributed by atoms with E-state index in [-0.39, 0.29) is 5.76 Å². The summed E-state index contributed by atoms with van der Waals surface area (Å²) in [6, 6.07) is 10.4. The van der Waals surface area contributed by atoms with Gasteiger partial charge in [-0.25, -0.2) is 18.3 Å². The standard InChI is InChI=1S/C19H20FN5O2S2/c1-2-18(26)17(25-29(27)16-8-6-13(20)7-9-16)10-14-4-3-5-15(23-14)11-28-19-21-12-22-24-19/h2-9,12,17,25-26H,10-11H2,1H3,(H,21,22,24). The molecule has 3 aromatic rings. The van der Waals surface area contributed by atoms with Crippen molar-refractivity contribution >= 4 is 22.7 Å². The summed E-state index contributed by atoms with van der Waals surface area (Å²) < 4.78 is 28.6. The number of aliphatic hydroxyl groups excluding tert-OH is 1. The van der Waals surface area contributed by atoms with E-state index < -0.39 is 22.8 Å². The zero-order valence-corrected chi connectivity index (χ0v) is 17.2. The van der Waals surface area contributed by atoms with Gasteiger partial charge in [0.05, 0.1) is 16.6 Å². The van der Waals surface area contributed by atoms with Gasteiger partial charge in [-0.1, -0.05) is 17.8 Å². The number of benzene rings is 1. The first-order valence-electron chi connectivity index (χ1n) is 8.77. The molecule has 1 aromatic carbocycles. The fourth-order valence-corrected chi connectivity index (χ4v) is 4.17. The van der Waals surface area contributed by atoms with Gasteiger partial charge in [-0.15, -0.1) is 0 Å². The maximum absolute atomic E-state index is 13.1. The maximum Gasteiger partial charge on any atom is 0.183 e. The van der Waals surface area contributed by atoms with Gasteiger partial charge in [0.25, 0.3) is 0 Å². The van der Waals surface area contributed by atoms with Crippen LogP contribution in [0.25, 0.3) is 0 Å². The van der Waals surface area contributed by atoms with Crippen molar-refractivity contribution in [2.75, 3.05) is 0 Å². The Kier molecular flexibility index (Phi) is 7.50. The number of nitrogens with zero attached hydrogens (tertiary/aromatic N) is 3. The molecule has 0 radical (unpaired) electrons. The number of aromatic amines is 1. The molecule has 2 heterocycles. The van der Waals surface area contributed by atoms with Gasteiger partial charge >= 0.3 is 0 Å². The first-order chi connectivity index (χ1) is 14.0. The van der Waals surface area contributed by atoms with Crippen LogP contribution in [-0.2, 0) is 23.2 Å². The average molecular weight is 434 g/mol. The fraction of sp³-hybridized carbons (Fsp3) is 0.211. The first kappa shape index (κ1) is 21.2. The van der Waals surface area contributed by atoms with Crippen molar-refractivity contribution < 1.29 is 13.7 Å². The zero-order chi connectivity index (χ0) is 20.6. The molecule has 152 valence electrons. The van der Waals surface area contributed by atoms with Gasteiger partial charge < -0.3 is 5.11 Å². The molecule has 0 spiro atoms. The van der Waals surface area contributed by atoms with E-state index in [1.807, 2.05) is 18.2 Å². The number of halogens is 1. The Morgan fingerprint density at radius 2 is 2.07 bits per heavy atom. The van der Waals surface area contributed by atoms with Crippen molar-refractivity contribution in [3.8, 4) is 0 Å². The van der Waals surface area contributed by atoms with E-state index in [0.29, 0.717) is 22.2 Å². The number of rotatable bonds is 9. The highest BCUT2D eigenvalue weighted by atomic mass is 32.2. The molecular weight excluding hydrogens is 413 g/mol. The maximum atomic E-state index is 13.1. The van der Waals surface area contributed by atoms with Gasteiger partial charge in [0.2, 0.25) is 0 Å². The summed E-state index contributed by atoms with van der Waals surface area (Å²) in [5.74, 6) is 0.268. The molecule has 0 saturated heterocycles. The number of aromatic nitrogens is 4. The normalized spacial score (nSPS) is 13.9. The third kappa shape index (κ3) is 6.21. The summed E-state index contributed by atoms with van der Waals surface area (Å²) in [7, 11) is -1.62. The van der Waals surface area contributed by atoms with Crippen molar-refractivity contribution in [3.63, 3.8) is 0 Å².